The zero-order valence-corrected chi connectivity index (χ0v) is 13.4. The summed E-state index contributed by atoms with van der Waals surface area (Å²) in [5, 5.41) is 9.36. The molecule has 0 amide bonds. The van der Waals surface area contributed by atoms with Gasteiger partial charge in [-0.25, -0.2) is 9.78 Å². The minimum Gasteiger partial charge on any atom is -0.478 e. The Hall–Kier alpha value is -1.49. The van der Waals surface area contributed by atoms with E-state index in [0.717, 1.165) is 17.9 Å². The maximum absolute atomic E-state index is 11.4. The molecule has 2 aromatic rings. The van der Waals surface area contributed by atoms with Gasteiger partial charge in [0, 0.05) is 17.2 Å². The van der Waals surface area contributed by atoms with E-state index < -0.39 is 5.97 Å². The van der Waals surface area contributed by atoms with E-state index in [1.807, 2.05) is 23.9 Å². The normalized spacial score (nSPS) is 16.6. The first kappa shape index (κ1) is 14.4. The zero-order chi connectivity index (χ0) is 15.2. The van der Waals surface area contributed by atoms with Crippen molar-refractivity contribution in [1.29, 1.82) is 0 Å². The lowest BCUT2D eigenvalue weighted by molar-refractivity contribution is 0.0699. The summed E-state index contributed by atoms with van der Waals surface area (Å²) in [5.41, 5.74) is 1.85. The lowest BCUT2D eigenvalue weighted by Gasteiger charge is -2.17. The third-order valence-electron chi connectivity index (χ3n) is 4.24. The highest BCUT2D eigenvalue weighted by atomic mass is 32.2. The second-order valence-corrected chi connectivity index (χ2v) is 7.35. The number of rotatable bonds is 5. The van der Waals surface area contributed by atoms with Gasteiger partial charge < -0.3 is 9.67 Å². The van der Waals surface area contributed by atoms with Gasteiger partial charge in [0.1, 0.15) is 11.3 Å². The third kappa shape index (κ3) is 2.44. The van der Waals surface area contributed by atoms with E-state index in [1.165, 1.54) is 12.8 Å². The first-order valence-corrected chi connectivity index (χ1v) is 8.47. The largest absolute Gasteiger partial charge is 0.478 e. The second-order valence-electron chi connectivity index (χ2n) is 6.08. The molecule has 3 rings (SSSR count). The molecule has 1 heterocycles. The molecule has 0 unspecified atom stereocenters. The maximum Gasteiger partial charge on any atom is 0.337 e. The molecular formula is C16H20N2O2S. The van der Waals surface area contributed by atoms with Crippen LogP contribution in [0.4, 0.5) is 0 Å². The van der Waals surface area contributed by atoms with Crippen molar-refractivity contribution in [2.45, 2.75) is 43.9 Å². The number of imidazole rings is 1. The number of thioether (sulfide) groups is 1. The highest BCUT2D eigenvalue weighted by Crippen LogP contribution is 2.49. The summed E-state index contributed by atoms with van der Waals surface area (Å²) in [7, 11) is 0. The first-order valence-electron chi connectivity index (χ1n) is 7.25. The molecule has 4 nitrogen and oxygen atoms in total. The molecule has 21 heavy (non-hydrogen) atoms. The Balaban J connectivity index is 2.18. The van der Waals surface area contributed by atoms with Crippen LogP contribution in [0.15, 0.2) is 18.2 Å². The molecular weight excluding hydrogens is 284 g/mol. The molecule has 1 fully saturated rings. The molecule has 1 aromatic heterocycles. The summed E-state index contributed by atoms with van der Waals surface area (Å²) in [5.74, 6) is 0.349. The number of fused-ring (bicyclic) bond motifs is 1. The average molecular weight is 304 g/mol. The number of hydrogen-bond acceptors (Lipinski definition) is 3. The average Bonchev–Trinajstić information content (AvgIpc) is 3.13. The zero-order valence-electron chi connectivity index (χ0n) is 12.6. The summed E-state index contributed by atoms with van der Waals surface area (Å²) in [4.78, 5) is 16.1. The van der Waals surface area contributed by atoms with Crippen molar-refractivity contribution in [1.82, 2.24) is 9.55 Å². The number of carbonyl (C=O) groups is 1. The highest BCUT2D eigenvalue weighted by Gasteiger charge is 2.43. The maximum atomic E-state index is 11.4. The Morgan fingerprint density at radius 2 is 2.19 bits per heavy atom. The molecule has 112 valence electrons. The van der Waals surface area contributed by atoms with Crippen molar-refractivity contribution in [3.05, 3.63) is 29.6 Å². The van der Waals surface area contributed by atoms with Crippen molar-refractivity contribution in [3.63, 3.8) is 0 Å². The second kappa shape index (κ2) is 5.05. The van der Waals surface area contributed by atoms with Gasteiger partial charge in [0.2, 0.25) is 0 Å². The standard InChI is InChI=1S/C16H20N2O2S/c1-10(2)14-17-13-11(15(19)20)5-4-6-12(13)18(14)9-16(21-3)7-8-16/h4-6,10H,7-9H2,1-3H3,(H,19,20). The minimum absolute atomic E-state index is 0.275. The number of aromatic nitrogens is 2. The van der Waals surface area contributed by atoms with Gasteiger partial charge >= 0.3 is 5.97 Å². The molecule has 1 saturated carbocycles. The molecule has 1 aromatic carbocycles. The van der Waals surface area contributed by atoms with E-state index in [-0.39, 0.29) is 5.92 Å². The van der Waals surface area contributed by atoms with Crippen LogP contribution in [0.1, 0.15) is 48.8 Å². The van der Waals surface area contributed by atoms with E-state index >= 15 is 0 Å². The van der Waals surface area contributed by atoms with Gasteiger partial charge in [-0.2, -0.15) is 11.8 Å². The van der Waals surface area contributed by atoms with E-state index in [2.05, 4.69) is 29.7 Å². The Morgan fingerprint density at radius 1 is 1.48 bits per heavy atom. The van der Waals surface area contributed by atoms with Crippen LogP contribution in [0, 0.1) is 0 Å². The van der Waals surface area contributed by atoms with Crippen molar-refractivity contribution in [2.24, 2.45) is 0 Å². The van der Waals surface area contributed by atoms with Gasteiger partial charge in [-0.1, -0.05) is 19.9 Å². The summed E-state index contributed by atoms with van der Waals surface area (Å²) < 4.78 is 2.55. The monoisotopic (exact) mass is 304 g/mol. The molecule has 0 radical (unpaired) electrons. The van der Waals surface area contributed by atoms with Crippen LogP contribution in [-0.2, 0) is 6.54 Å². The van der Waals surface area contributed by atoms with Gasteiger partial charge in [0.05, 0.1) is 11.1 Å². The highest BCUT2D eigenvalue weighted by molar-refractivity contribution is 8.00. The topological polar surface area (TPSA) is 55.1 Å². The van der Waals surface area contributed by atoms with Gasteiger partial charge in [0.25, 0.3) is 0 Å². The van der Waals surface area contributed by atoms with Crippen LogP contribution >= 0.6 is 11.8 Å². The van der Waals surface area contributed by atoms with E-state index in [1.54, 1.807) is 6.07 Å². The van der Waals surface area contributed by atoms with Crippen molar-refractivity contribution >= 4 is 28.8 Å². The van der Waals surface area contributed by atoms with Crippen molar-refractivity contribution < 1.29 is 9.90 Å². The van der Waals surface area contributed by atoms with Crippen LogP contribution in [-0.4, -0.2) is 31.6 Å². The van der Waals surface area contributed by atoms with Crippen LogP contribution < -0.4 is 0 Å². The fourth-order valence-corrected chi connectivity index (χ4v) is 3.57. The third-order valence-corrected chi connectivity index (χ3v) is 5.65. The number of benzene rings is 1. The number of para-hydroxylation sites is 1. The van der Waals surface area contributed by atoms with Crippen molar-refractivity contribution in [3.8, 4) is 0 Å². The van der Waals surface area contributed by atoms with Gasteiger partial charge in [-0.15, -0.1) is 0 Å². The summed E-state index contributed by atoms with van der Waals surface area (Å²) in [6.07, 6.45) is 4.61. The predicted octanol–water partition coefficient (Wildman–Crippen LogP) is 3.75. The summed E-state index contributed by atoms with van der Waals surface area (Å²) >= 11 is 1.91. The SMILES string of the molecule is CSC1(Cn2c(C(C)C)nc3c(C(=O)O)cccc32)CC1. The van der Waals surface area contributed by atoms with Crippen LogP contribution in [0.5, 0.6) is 0 Å². The number of nitrogens with zero attached hydrogens (tertiary/aromatic N) is 2. The molecule has 0 atom stereocenters. The molecule has 0 spiro atoms. The fourth-order valence-electron chi connectivity index (χ4n) is 2.80. The quantitative estimate of drug-likeness (QED) is 0.914. The van der Waals surface area contributed by atoms with Crippen LogP contribution in [0.25, 0.3) is 11.0 Å². The molecule has 1 aliphatic rings. The molecule has 1 aliphatic carbocycles. The Bertz CT molecular complexity index is 702. The molecule has 0 saturated heterocycles. The van der Waals surface area contributed by atoms with Crippen LogP contribution in [0.2, 0.25) is 0 Å². The van der Waals surface area contributed by atoms with Gasteiger partial charge in [-0.3, -0.25) is 0 Å². The summed E-state index contributed by atoms with van der Waals surface area (Å²) in [6, 6.07) is 5.43. The van der Waals surface area contributed by atoms with Gasteiger partial charge in [-0.05, 0) is 31.2 Å². The molecule has 5 heteroatoms. The minimum atomic E-state index is -0.911. The number of carboxylic acids is 1. The lowest BCUT2D eigenvalue weighted by Crippen LogP contribution is -2.16. The van der Waals surface area contributed by atoms with E-state index in [0.29, 0.717) is 15.8 Å². The number of carboxylic acid groups (broad SMARTS) is 1. The Morgan fingerprint density at radius 3 is 2.71 bits per heavy atom. The molecule has 0 aliphatic heterocycles. The van der Waals surface area contributed by atoms with E-state index in [4.69, 9.17) is 0 Å². The fraction of sp³-hybridized carbons (Fsp3) is 0.500. The molecule has 0 bridgehead atoms. The smallest absolute Gasteiger partial charge is 0.337 e. The number of hydrogen-bond donors (Lipinski definition) is 1. The Kier molecular flexibility index (Phi) is 3.48. The predicted molar refractivity (Wildman–Crippen MR) is 86.3 cm³/mol. The number of aromatic carboxylic acids is 1. The van der Waals surface area contributed by atoms with E-state index in [9.17, 15) is 9.90 Å². The van der Waals surface area contributed by atoms with Gasteiger partial charge in [0.15, 0.2) is 0 Å². The summed E-state index contributed by atoms with van der Waals surface area (Å²) in [6.45, 7) is 5.13. The first-order chi connectivity index (χ1) is 9.97. The van der Waals surface area contributed by atoms with Crippen LogP contribution in [0.3, 0.4) is 0 Å². The van der Waals surface area contributed by atoms with Crippen molar-refractivity contribution in [2.75, 3.05) is 6.26 Å². The Labute approximate surface area is 128 Å². The lowest BCUT2D eigenvalue weighted by atomic mass is 10.2. The molecule has 1 N–H and O–H groups in total.